The Morgan fingerprint density at radius 3 is 1.85 bits per heavy atom. The van der Waals surface area contributed by atoms with Gasteiger partial charge in [0.05, 0.1) is 34.4 Å². The molecule has 0 radical (unpaired) electrons. The van der Waals surface area contributed by atoms with Crippen molar-refractivity contribution in [2.24, 2.45) is 0 Å². The van der Waals surface area contributed by atoms with Crippen LogP contribution in [0.15, 0.2) is 12.2 Å². The number of phosphoric ester groups is 1. The smallest absolute Gasteiger partial charge is 0.388 e. The van der Waals surface area contributed by atoms with Gasteiger partial charge in [0.2, 0.25) is 0 Å². The molecular weight excluding hydrogens is 453 g/mol. The van der Waals surface area contributed by atoms with E-state index in [0.29, 0.717) is 17.6 Å². The highest BCUT2D eigenvalue weighted by molar-refractivity contribution is 7.47. The Balaban J connectivity index is 3.43. The van der Waals surface area contributed by atoms with Gasteiger partial charge in [-0.2, -0.15) is 0 Å². The molecule has 0 aromatic rings. The number of ether oxygens (including phenoxy) is 1. The van der Waals surface area contributed by atoms with Crippen LogP contribution in [0.4, 0.5) is 0 Å². The van der Waals surface area contributed by atoms with Crippen LogP contribution in [-0.2, 0) is 18.3 Å². The van der Waals surface area contributed by atoms with E-state index in [0.717, 1.165) is 12.8 Å². The average molecular weight is 509 g/mol. The molecule has 0 bridgehead atoms. The number of phosphoric acid groups is 1. The first kappa shape index (κ1) is 33.7. The molecular formula is C26H55NO6P+. The number of allylic oxidation sites excluding steroid dienone is 2. The molecule has 2 N–H and O–H groups in total. The van der Waals surface area contributed by atoms with Crippen LogP contribution in [0, 0.1) is 0 Å². The van der Waals surface area contributed by atoms with Crippen molar-refractivity contribution in [3.05, 3.63) is 12.2 Å². The van der Waals surface area contributed by atoms with Gasteiger partial charge in [-0.1, -0.05) is 76.9 Å². The van der Waals surface area contributed by atoms with Crippen molar-refractivity contribution in [3.63, 3.8) is 0 Å². The van der Waals surface area contributed by atoms with E-state index in [1.54, 1.807) is 0 Å². The number of hydrogen-bond acceptors (Lipinski definition) is 5. The quantitative estimate of drug-likeness (QED) is 0.0657. The first-order valence-corrected chi connectivity index (χ1v) is 15.0. The Labute approximate surface area is 210 Å². The largest absolute Gasteiger partial charge is 0.472 e. The van der Waals surface area contributed by atoms with Gasteiger partial charge in [-0.3, -0.25) is 9.05 Å². The van der Waals surface area contributed by atoms with Crippen molar-refractivity contribution in [3.8, 4) is 0 Å². The number of hydrogen-bond donors (Lipinski definition) is 2. The van der Waals surface area contributed by atoms with Crippen molar-refractivity contribution in [1.29, 1.82) is 0 Å². The van der Waals surface area contributed by atoms with Crippen LogP contribution in [0.1, 0.15) is 96.8 Å². The van der Waals surface area contributed by atoms with Crippen molar-refractivity contribution in [2.45, 2.75) is 103 Å². The molecule has 0 aliphatic rings. The molecule has 0 fully saturated rings. The summed E-state index contributed by atoms with van der Waals surface area (Å²) < 4.78 is 27.6. The predicted molar refractivity (Wildman–Crippen MR) is 141 cm³/mol. The molecule has 0 saturated heterocycles. The van der Waals surface area contributed by atoms with E-state index in [-0.39, 0.29) is 19.8 Å². The summed E-state index contributed by atoms with van der Waals surface area (Å²) in [5.41, 5.74) is 0. The van der Waals surface area contributed by atoms with E-state index in [4.69, 9.17) is 13.8 Å². The number of aliphatic hydroxyl groups excluding tert-OH is 1. The maximum absolute atomic E-state index is 11.8. The molecule has 0 aliphatic heterocycles. The molecule has 2 atom stereocenters. The minimum absolute atomic E-state index is 0.0873. The lowest BCUT2D eigenvalue weighted by molar-refractivity contribution is -0.870. The summed E-state index contributed by atoms with van der Waals surface area (Å²) in [5.74, 6) is 0. The topological polar surface area (TPSA) is 85.2 Å². The fourth-order valence-electron chi connectivity index (χ4n) is 3.37. The second-order valence-corrected chi connectivity index (χ2v) is 11.7. The molecule has 34 heavy (non-hydrogen) atoms. The molecule has 0 aliphatic carbocycles. The van der Waals surface area contributed by atoms with Gasteiger partial charge >= 0.3 is 7.82 Å². The van der Waals surface area contributed by atoms with Gasteiger partial charge in [0.25, 0.3) is 0 Å². The Bertz CT molecular complexity index is 524. The highest BCUT2D eigenvalue weighted by Crippen LogP contribution is 2.43. The molecule has 0 aromatic heterocycles. The maximum Gasteiger partial charge on any atom is 0.472 e. The molecule has 0 amide bonds. The second-order valence-electron chi connectivity index (χ2n) is 10.3. The van der Waals surface area contributed by atoms with E-state index < -0.39 is 13.9 Å². The molecule has 0 aromatic carbocycles. The third-order valence-electron chi connectivity index (χ3n) is 5.56. The standard InChI is InChI=1S/C26H54NO6P/c1-5-6-7-8-9-10-11-12-13-14-15-16-17-18-19-20-22-31-24-26(28)25-33-34(29,30)32-23-21-27(2,3)4/h12-13,26,28H,5-11,14-25H2,1-4H3/p+1/b13-12+/t26-/m1/s1. The van der Waals surface area contributed by atoms with Crippen molar-refractivity contribution >= 4 is 7.82 Å². The minimum atomic E-state index is -4.14. The van der Waals surface area contributed by atoms with Gasteiger partial charge in [0, 0.05) is 6.61 Å². The maximum atomic E-state index is 11.8. The lowest BCUT2D eigenvalue weighted by Gasteiger charge is -2.24. The Hall–Kier alpha value is -0.270. The third kappa shape index (κ3) is 26.3. The van der Waals surface area contributed by atoms with E-state index in [1.165, 1.54) is 77.0 Å². The van der Waals surface area contributed by atoms with Crippen molar-refractivity contribution < 1.29 is 32.8 Å². The summed E-state index contributed by atoms with van der Waals surface area (Å²) in [7, 11) is 1.75. The van der Waals surface area contributed by atoms with Gasteiger partial charge in [-0.05, 0) is 32.1 Å². The number of aliphatic hydroxyl groups is 1. The fraction of sp³-hybridized carbons (Fsp3) is 0.923. The monoisotopic (exact) mass is 508 g/mol. The van der Waals surface area contributed by atoms with E-state index >= 15 is 0 Å². The minimum Gasteiger partial charge on any atom is -0.388 e. The molecule has 0 saturated carbocycles. The van der Waals surface area contributed by atoms with Crippen LogP contribution in [-0.4, -0.2) is 74.7 Å². The Morgan fingerprint density at radius 2 is 1.29 bits per heavy atom. The predicted octanol–water partition coefficient (Wildman–Crippen LogP) is 6.24. The van der Waals surface area contributed by atoms with E-state index in [2.05, 4.69) is 19.1 Å². The van der Waals surface area contributed by atoms with Gasteiger partial charge in [0.15, 0.2) is 0 Å². The van der Waals surface area contributed by atoms with Gasteiger partial charge in [0.1, 0.15) is 19.3 Å². The number of likely N-dealkylation sites (N-methyl/N-ethyl adjacent to an activating group) is 1. The van der Waals surface area contributed by atoms with Crippen LogP contribution >= 0.6 is 7.82 Å². The van der Waals surface area contributed by atoms with Crippen LogP contribution < -0.4 is 0 Å². The van der Waals surface area contributed by atoms with E-state index in [9.17, 15) is 14.6 Å². The molecule has 0 spiro atoms. The summed E-state index contributed by atoms with van der Waals surface area (Å²) in [6.45, 7) is 3.33. The fourth-order valence-corrected chi connectivity index (χ4v) is 4.11. The van der Waals surface area contributed by atoms with Crippen LogP contribution in [0.3, 0.4) is 0 Å². The number of nitrogens with zero attached hydrogens (tertiary/aromatic N) is 1. The lowest BCUT2D eigenvalue weighted by atomic mass is 10.1. The van der Waals surface area contributed by atoms with Gasteiger partial charge < -0.3 is 19.2 Å². The summed E-state index contributed by atoms with van der Waals surface area (Å²) in [5, 5.41) is 9.86. The number of rotatable bonds is 25. The highest BCUT2D eigenvalue weighted by atomic mass is 31.2. The number of quaternary nitrogens is 1. The van der Waals surface area contributed by atoms with Crippen LogP contribution in [0.25, 0.3) is 0 Å². The van der Waals surface area contributed by atoms with Crippen LogP contribution in [0.2, 0.25) is 0 Å². The zero-order valence-corrected chi connectivity index (χ0v) is 23.5. The Kier molecular flexibility index (Phi) is 21.8. The average Bonchev–Trinajstić information content (AvgIpc) is 2.76. The number of unbranched alkanes of at least 4 members (excludes halogenated alkanes) is 12. The van der Waals surface area contributed by atoms with Gasteiger partial charge in [-0.15, -0.1) is 0 Å². The first-order chi connectivity index (χ1) is 16.2. The highest BCUT2D eigenvalue weighted by Gasteiger charge is 2.24. The zero-order chi connectivity index (χ0) is 25.5. The molecule has 8 heteroatoms. The SMILES string of the molecule is CCCCCCCC/C=C/CCCCCCCCOC[C@@H](O)COP(=O)(O)OCC[N+](C)(C)C. The summed E-state index contributed by atoms with van der Waals surface area (Å²) in [6, 6.07) is 0. The lowest BCUT2D eigenvalue weighted by Crippen LogP contribution is -2.37. The molecule has 7 nitrogen and oxygen atoms in total. The zero-order valence-electron chi connectivity index (χ0n) is 22.6. The molecule has 1 unspecified atom stereocenters. The van der Waals surface area contributed by atoms with Crippen molar-refractivity contribution in [1.82, 2.24) is 0 Å². The summed E-state index contributed by atoms with van der Waals surface area (Å²) >= 11 is 0. The van der Waals surface area contributed by atoms with Crippen LogP contribution in [0.5, 0.6) is 0 Å². The molecule has 0 heterocycles. The summed E-state index contributed by atoms with van der Waals surface area (Å²) in [4.78, 5) is 9.64. The molecule has 204 valence electrons. The third-order valence-corrected chi connectivity index (χ3v) is 6.54. The normalized spacial score (nSPS) is 15.1. The van der Waals surface area contributed by atoms with Gasteiger partial charge in [-0.25, -0.2) is 4.57 Å². The first-order valence-electron chi connectivity index (χ1n) is 13.5. The van der Waals surface area contributed by atoms with E-state index in [1.807, 2.05) is 21.1 Å². The Morgan fingerprint density at radius 1 is 0.765 bits per heavy atom. The second kappa shape index (κ2) is 22.0. The molecule has 0 rings (SSSR count). The summed E-state index contributed by atoms with van der Waals surface area (Å²) in [6.07, 6.45) is 21.4. The van der Waals surface area contributed by atoms with Crippen molar-refractivity contribution in [2.75, 3.05) is 54.1 Å².